The lowest BCUT2D eigenvalue weighted by Crippen LogP contribution is -2.40. The zero-order chi connectivity index (χ0) is 18.8. The number of guanidine groups is 1. The number of halogens is 1. The average molecular weight is 386 g/mol. The molecule has 0 aliphatic carbocycles. The van der Waals surface area contributed by atoms with Gasteiger partial charge in [-0.05, 0) is 31.0 Å². The van der Waals surface area contributed by atoms with Gasteiger partial charge in [0.2, 0.25) is 0 Å². The molecule has 1 atom stereocenters. The summed E-state index contributed by atoms with van der Waals surface area (Å²) in [4.78, 5) is 11.8. The second kappa shape index (κ2) is 7.60. The molecule has 0 spiro atoms. The number of rotatable bonds is 4. The standard InChI is InChI=1S/C19H24ClN7/c1-3-21-19(26-7-6-14(11-26)15-8-23-25(2)10-15)22-9-17-13-27-12-16(20)4-5-18(27)24-17/h4-5,8,10,12-14H,3,6-7,9,11H2,1-2H3,(H,21,22). The SMILES string of the molecule is CCNC(=NCc1cn2cc(Cl)ccc2n1)N1CCC(c2cnn(C)c2)C1. The number of pyridine rings is 1. The Morgan fingerprint density at radius 1 is 1.33 bits per heavy atom. The van der Waals surface area contributed by atoms with Crippen molar-refractivity contribution >= 4 is 23.2 Å². The molecule has 7 nitrogen and oxygen atoms in total. The van der Waals surface area contributed by atoms with Gasteiger partial charge in [0.1, 0.15) is 5.65 Å². The van der Waals surface area contributed by atoms with Crippen LogP contribution in [0.2, 0.25) is 5.02 Å². The fourth-order valence-corrected chi connectivity index (χ4v) is 3.72. The number of imidazole rings is 1. The van der Waals surface area contributed by atoms with Gasteiger partial charge in [0.15, 0.2) is 5.96 Å². The molecule has 1 unspecified atom stereocenters. The Bertz CT molecular complexity index is 958. The molecule has 0 bridgehead atoms. The van der Waals surface area contributed by atoms with Crippen LogP contribution in [0, 0.1) is 0 Å². The van der Waals surface area contributed by atoms with Gasteiger partial charge in [-0.25, -0.2) is 9.98 Å². The Morgan fingerprint density at radius 2 is 2.22 bits per heavy atom. The van der Waals surface area contributed by atoms with Crippen molar-refractivity contribution < 1.29 is 0 Å². The van der Waals surface area contributed by atoms with Crippen LogP contribution in [-0.4, -0.2) is 49.7 Å². The van der Waals surface area contributed by atoms with Gasteiger partial charge in [0.25, 0.3) is 0 Å². The molecule has 1 fully saturated rings. The maximum Gasteiger partial charge on any atom is 0.194 e. The number of likely N-dealkylation sites (tertiary alicyclic amines) is 1. The van der Waals surface area contributed by atoms with Crippen molar-refractivity contribution in [3.05, 3.63) is 53.2 Å². The van der Waals surface area contributed by atoms with Crippen LogP contribution in [0.4, 0.5) is 0 Å². The molecule has 27 heavy (non-hydrogen) atoms. The minimum absolute atomic E-state index is 0.500. The summed E-state index contributed by atoms with van der Waals surface area (Å²) in [5.41, 5.74) is 3.11. The lowest BCUT2D eigenvalue weighted by atomic mass is 10.0. The Labute approximate surface area is 163 Å². The summed E-state index contributed by atoms with van der Waals surface area (Å²) in [6.45, 7) is 5.42. The largest absolute Gasteiger partial charge is 0.357 e. The smallest absolute Gasteiger partial charge is 0.194 e. The highest BCUT2D eigenvalue weighted by molar-refractivity contribution is 6.30. The Kier molecular flexibility index (Phi) is 5.03. The predicted molar refractivity (Wildman–Crippen MR) is 107 cm³/mol. The van der Waals surface area contributed by atoms with Crippen molar-refractivity contribution in [3.8, 4) is 0 Å². The second-order valence-electron chi connectivity index (χ2n) is 6.89. The van der Waals surface area contributed by atoms with E-state index in [-0.39, 0.29) is 0 Å². The zero-order valence-electron chi connectivity index (χ0n) is 15.6. The highest BCUT2D eigenvalue weighted by Gasteiger charge is 2.26. The summed E-state index contributed by atoms with van der Waals surface area (Å²) in [7, 11) is 1.96. The Balaban J connectivity index is 1.48. The van der Waals surface area contributed by atoms with Crippen molar-refractivity contribution in [2.75, 3.05) is 19.6 Å². The lowest BCUT2D eigenvalue weighted by molar-refractivity contribution is 0.486. The normalized spacial score (nSPS) is 17.8. The molecule has 4 rings (SSSR count). The second-order valence-corrected chi connectivity index (χ2v) is 7.33. The number of fused-ring (bicyclic) bond motifs is 1. The molecule has 142 valence electrons. The van der Waals surface area contributed by atoms with Gasteiger partial charge in [0, 0.05) is 51.2 Å². The molecule has 0 saturated carbocycles. The first-order valence-corrected chi connectivity index (χ1v) is 9.65. The Hall–Kier alpha value is -2.54. The van der Waals surface area contributed by atoms with E-state index in [0.29, 0.717) is 17.5 Å². The van der Waals surface area contributed by atoms with E-state index in [1.165, 1.54) is 5.56 Å². The molecule has 0 aromatic carbocycles. The van der Waals surface area contributed by atoms with Crippen LogP contribution < -0.4 is 5.32 Å². The van der Waals surface area contributed by atoms with E-state index in [4.69, 9.17) is 16.6 Å². The lowest BCUT2D eigenvalue weighted by Gasteiger charge is -2.21. The highest BCUT2D eigenvalue weighted by atomic mass is 35.5. The van der Waals surface area contributed by atoms with Gasteiger partial charge < -0.3 is 14.6 Å². The first-order chi connectivity index (χ1) is 13.1. The topological polar surface area (TPSA) is 62.8 Å². The van der Waals surface area contributed by atoms with Gasteiger partial charge in [-0.15, -0.1) is 0 Å². The van der Waals surface area contributed by atoms with Crippen LogP contribution >= 0.6 is 11.6 Å². The van der Waals surface area contributed by atoms with E-state index in [1.807, 2.05) is 46.9 Å². The third-order valence-corrected chi connectivity index (χ3v) is 5.10. The van der Waals surface area contributed by atoms with E-state index in [9.17, 15) is 0 Å². The van der Waals surface area contributed by atoms with Crippen molar-refractivity contribution in [2.24, 2.45) is 12.0 Å². The molecule has 1 saturated heterocycles. The number of nitrogens with one attached hydrogen (secondary N) is 1. The first-order valence-electron chi connectivity index (χ1n) is 9.27. The summed E-state index contributed by atoms with van der Waals surface area (Å²) in [6.07, 6.45) is 9.04. The van der Waals surface area contributed by atoms with Gasteiger partial charge in [0.05, 0.1) is 23.5 Å². The summed E-state index contributed by atoms with van der Waals surface area (Å²) in [6, 6.07) is 3.77. The highest BCUT2D eigenvalue weighted by Crippen LogP contribution is 2.26. The third-order valence-electron chi connectivity index (χ3n) is 4.87. The molecular weight excluding hydrogens is 362 g/mol. The van der Waals surface area contributed by atoms with Gasteiger partial charge in [-0.1, -0.05) is 11.6 Å². The average Bonchev–Trinajstić information content (AvgIpc) is 3.37. The number of nitrogens with zero attached hydrogens (tertiary/aromatic N) is 6. The van der Waals surface area contributed by atoms with Crippen molar-refractivity contribution in [3.63, 3.8) is 0 Å². The van der Waals surface area contributed by atoms with Crippen LogP contribution in [0.15, 0.2) is 41.9 Å². The number of hydrogen-bond acceptors (Lipinski definition) is 3. The van der Waals surface area contributed by atoms with Gasteiger partial charge in [-0.3, -0.25) is 4.68 Å². The van der Waals surface area contributed by atoms with Crippen LogP contribution in [0.3, 0.4) is 0 Å². The Morgan fingerprint density at radius 3 is 3.00 bits per heavy atom. The molecule has 1 aliphatic rings. The molecule has 4 heterocycles. The predicted octanol–water partition coefficient (Wildman–Crippen LogP) is 2.68. The van der Waals surface area contributed by atoms with E-state index in [1.54, 1.807) is 0 Å². The number of aliphatic imine (C=N–C) groups is 1. The summed E-state index contributed by atoms with van der Waals surface area (Å²) < 4.78 is 3.81. The fourth-order valence-electron chi connectivity index (χ4n) is 3.55. The molecule has 0 radical (unpaired) electrons. The third kappa shape index (κ3) is 3.93. The van der Waals surface area contributed by atoms with Crippen LogP contribution in [-0.2, 0) is 13.6 Å². The molecule has 1 aliphatic heterocycles. The van der Waals surface area contributed by atoms with Gasteiger partial charge >= 0.3 is 0 Å². The van der Waals surface area contributed by atoms with E-state index < -0.39 is 0 Å². The number of hydrogen-bond donors (Lipinski definition) is 1. The van der Waals surface area contributed by atoms with E-state index >= 15 is 0 Å². The monoisotopic (exact) mass is 385 g/mol. The molecule has 8 heteroatoms. The van der Waals surface area contributed by atoms with Crippen LogP contribution in [0.5, 0.6) is 0 Å². The molecule has 3 aromatic rings. The number of aromatic nitrogens is 4. The molecule has 3 aromatic heterocycles. The van der Waals surface area contributed by atoms with Crippen LogP contribution in [0.25, 0.3) is 5.65 Å². The number of aryl methyl sites for hydroxylation is 1. The van der Waals surface area contributed by atoms with Crippen molar-refractivity contribution in [1.29, 1.82) is 0 Å². The van der Waals surface area contributed by atoms with Crippen molar-refractivity contribution in [1.82, 2.24) is 29.4 Å². The first kappa shape index (κ1) is 17.9. The van der Waals surface area contributed by atoms with Crippen molar-refractivity contribution in [2.45, 2.75) is 25.8 Å². The molecular formula is C19H24ClN7. The molecule has 1 N–H and O–H groups in total. The fraction of sp³-hybridized carbons (Fsp3) is 0.421. The summed E-state index contributed by atoms with van der Waals surface area (Å²) in [5, 5.41) is 8.41. The van der Waals surface area contributed by atoms with E-state index in [2.05, 4.69) is 33.4 Å². The maximum atomic E-state index is 6.05. The van der Waals surface area contributed by atoms with E-state index in [0.717, 1.165) is 43.4 Å². The molecule has 0 amide bonds. The minimum atomic E-state index is 0.500. The summed E-state index contributed by atoms with van der Waals surface area (Å²) >= 11 is 6.05. The summed E-state index contributed by atoms with van der Waals surface area (Å²) in [5.74, 6) is 1.44. The van der Waals surface area contributed by atoms with Crippen LogP contribution in [0.1, 0.15) is 30.5 Å². The zero-order valence-corrected chi connectivity index (χ0v) is 16.4. The maximum absolute atomic E-state index is 6.05. The minimum Gasteiger partial charge on any atom is -0.357 e. The quantitative estimate of drug-likeness (QED) is 0.554. The van der Waals surface area contributed by atoms with Gasteiger partial charge in [-0.2, -0.15) is 5.10 Å².